The van der Waals surface area contributed by atoms with Gasteiger partial charge in [0.1, 0.15) is 25.5 Å². The van der Waals surface area contributed by atoms with E-state index in [2.05, 4.69) is 15.5 Å². The van der Waals surface area contributed by atoms with E-state index >= 15 is 0 Å². The smallest absolute Gasteiger partial charge is 0.305 e. The van der Waals surface area contributed by atoms with E-state index in [1.165, 1.54) is 0 Å². The summed E-state index contributed by atoms with van der Waals surface area (Å²) in [7, 11) is -9.92. The molecule has 146 valence electrons. The molecule has 1 aliphatic rings. The molecule has 0 radical (unpaired) electrons. The summed E-state index contributed by atoms with van der Waals surface area (Å²) < 4.78 is 66.8. The van der Waals surface area contributed by atoms with Gasteiger partial charge in [0.05, 0.1) is 22.4 Å². The predicted molar refractivity (Wildman–Crippen MR) is 89.2 cm³/mol. The van der Waals surface area contributed by atoms with E-state index in [1.807, 2.05) is 0 Å². The van der Waals surface area contributed by atoms with E-state index in [4.69, 9.17) is 5.11 Å². The first-order chi connectivity index (χ1) is 12.4. The molecule has 0 aliphatic carbocycles. The van der Waals surface area contributed by atoms with Crippen LogP contribution in [-0.2, 0) is 29.8 Å². The maximum absolute atomic E-state index is 11.5. The van der Waals surface area contributed by atoms with Crippen molar-refractivity contribution < 1.29 is 40.6 Å². The number of thioether (sulfide) groups is 1. The van der Waals surface area contributed by atoms with Gasteiger partial charge < -0.3 is 19.5 Å². The third kappa shape index (κ3) is 5.57. The van der Waals surface area contributed by atoms with Crippen LogP contribution in [0.1, 0.15) is 12.0 Å². The second-order valence-corrected chi connectivity index (χ2v) is 8.87. The fourth-order valence-corrected chi connectivity index (χ4v) is 3.96. The SMILES string of the molecule is O=C(O)CC1SC(=NN=Cc2cc(S(=O)(=O)[O-])ccc2S(=O)(=O)[O-])NC1=O. The summed E-state index contributed by atoms with van der Waals surface area (Å²) in [6.07, 6.45) is 0.255. The number of benzene rings is 1. The Morgan fingerprint density at radius 3 is 2.48 bits per heavy atom. The number of aliphatic carboxylic acids is 1. The Morgan fingerprint density at radius 1 is 1.26 bits per heavy atom. The van der Waals surface area contributed by atoms with Crippen molar-refractivity contribution in [3.05, 3.63) is 23.8 Å². The number of amides is 1. The van der Waals surface area contributed by atoms with E-state index in [9.17, 15) is 35.5 Å². The van der Waals surface area contributed by atoms with Crippen molar-refractivity contribution in [3.8, 4) is 0 Å². The van der Waals surface area contributed by atoms with Crippen LogP contribution in [0.4, 0.5) is 0 Å². The molecule has 1 heterocycles. The average molecular weight is 435 g/mol. The van der Waals surface area contributed by atoms with E-state index in [0.29, 0.717) is 24.4 Å². The number of nitrogens with zero attached hydrogens (tertiary/aromatic N) is 2. The van der Waals surface area contributed by atoms with Crippen LogP contribution in [0.3, 0.4) is 0 Å². The minimum absolute atomic E-state index is 0.0818. The maximum Gasteiger partial charge on any atom is 0.305 e. The van der Waals surface area contributed by atoms with Crippen LogP contribution in [0.2, 0.25) is 0 Å². The third-order valence-corrected chi connectivity index (χ3v) is 5.84. The summed E-state index contributed by atoms with van der Waals surface area (Å²) in [5.41, 5.74) is -0.498. The number of hydrogen-bond acceptors (Lipinski definition) is 11. The topological polar surface area (TPSA) is 206 Å². The van der Waals surface area contributed by atoms with Crippen LogP contribution in [0, 0.1) is 0 Å². The Morgan fingerprint density at radius 2 is 1.93 bits per heavy atom. The molecule has 27 heavy (non-hydrogen) atoms. The van der Waals surface area contributed by atoms with Crippen LogP contribution >= 0.6 is 11.8 Å². The third-order valence-electron chi connectivity index (χ3n) is 3.02. The molecule has 1 aromatic carbocycles. The van der Waals surface area contributed by atoms with Crippen molar-refractivity contribution in [1.29, 1.82) is 0 Å². The molecule has 2 N–H and O–H groups in total. The number of carbonyl (C=O) groups is 2. The number of carboxylic acid groups (broad SMARTS) is 1. The van der Waals surface area contributed by atoms with Gasteiger partial charge in [-0.25, -0.2) is 16.8 Å². The number of hydrogen-bond donors (Lipinski definition) is 2. The molecule has 1 saturated heterocycles. The maximum atomic E-state index is 11.5. The summed E-state index contributed by atoms with van der Waals surface area (Å²) in [6.45, 7) is 0. The average Bonchev–Trinajstić information content (AvgIpc) is 2.84. The molecule has 1 amide bonds. The van der Waals surface area contributed by atoms with Crippen molar-refractivity contribution in [2.45, 2.75) is 21.5 Å². The second-order valence-electron chi connectivity index (χ2n) is 4.95. The van der Waals surface area contributed by atoms with Gasteiger partial charge in [-0.1, -0.05) is 11.8 Å². The van der Waals surface area contributed by atoms with Crippen molar-refractivity contribution in [3.63, 3.8) is 0 Å². The lowest BCUT2D eigenvalue weighted by atomic mass is 10.2. The number of carbonyl (C=O) groups excluding carboxylic acids is 1. The van der Waals surface area contributed by atoms with E-state index in [-0.39, 0.29) is 5.17 Å². The van der Waals surface area contributed by atoms with Gasteiger partial charge in [0.2, 0.25) is 5.91 Å². The molecule has 15 heteroatoms. The minimum atomic E-state index is -5.00. The van der Waals surface area contributed by atoms with Crippen molar-refractivity contribution in [2.75, 3.05) is 0 Å². The van der Waals surface area contributed by atoms with Gasteiger partial charge in [0, 0.05) is 5.56 Å². The first kappa shape index (κ1) is 21.0. The number of amidine groups is 1. The van der Waals surface area contributed by atoms with Gasteiger partial charge in [-0.05, 0) is 18.2 Å². The number of carboxylic acids is 1. The van der Waals surface area contributed by atoms with Crippen LogP contribution in [0.5, 0.6) is 0 Å². The van der Waals surface area contributed by atoms with Crippen molar-refractivity contribution in [2.24, 2.45) is 10.2 Å². The summed E-state index contributed by atoms with van der Waals surface area (Å²) in [5.74, 6) is -1.81. The molecule has 12 nitrogen and oxygen atoms in total. The normalized spacial score (nSPS) is 19.6. The number of rotatable bonds is 6. The Bertz CT molecular complexity index is 1060. The highest BCUT2D eigenvalue weighted by molar-refractivity contribution is 8.15. The molecule has 0 aromatic heterocycles. The lowest BCUT2D eigenvalue weighted by molar-refractivity contribution is -0.138. The van der Waals surface area contributed by atoms with E-state index in [0.717, 1.165) is 11.8 Å². The van der Waals surface area contributed by atoms with Crippen LogP contribution < -0.4 is 5.32 Å². The summed E-state index contributed by atoms with van der Waals surface area (Å²) in [4.78, 5) is 20.6. The Balaban J connectivity index is 2.33. The van der Waals surface area contributed by atoms with Crippen molar-refractivity contribution >= 4 is 55.3 Å². The molecule has 2 rings (SSSR count). The van der Waals surface area contributed by atoms with Crippen LogP contribution in [0.15, 0.2) is 38.2 Å². The first-order valence-corrected chi connectivity index (χ1v) is 10.4. The monoisotopic (exact) mass is 435 g/mol. The molecular formula is C12H9N3O9S3-2. The highest BCUT2D eigenvalue weighted by Gasteiger charge is 2.32. The van der Waals surface area contributed by atoms with Crippen LogP contribution in [-0.4, -0.2) is 59.6 Å². The highest BCUT2D eigenvalue weighted by atomic mass is 32.2. The molecule has 1 fully saturated rings. The van der Waals surface area contributed by atoms with Crippen molar-refractivity contribution in [1.82, 2.24) is 5.32 Å². The van der Waals surface area contributed by atoms with Gasteiger partial charge in [-0.15, -0.1) is 5.10 Å². The quantitative estimate of drug-likeness (QED) is 0.313. The zero-order valence-corrected chi connectivity index (χ0v) is 15.4. The second kappa shape index (κ2) is 7.73. The number of nitrogens with one attached hydrogen (secondary N) is 1. The Labute approximate surface area is 156 Å². The molecule has 0 spiro atoms. The molecule has 0 bridgehead atoms. The highest BCUT2D eigenvalue weighted by Crippen LogP contribution is 2.23. The zero-order chi connectivity index (χ0) is 20.4. The fourth-order valence-electron chi connectivity index (χ4n) is 1.90. The van der Waals surface area contributed by atoms with Gasteiger partial charge in [-0.2, -0.15) is 5.10 Å². The van der Waals surface area contributed by atoms with Crippen LogP contribution in [0.25, 0.3) is 0 Å². The standard InChI is InChI=1S/C12H11N3O9S3/c16-10(17)4-8-11(18)14-12(25-8)15-13-5-6-3-7(26(19,20)21)1-2-9(6)27(22,23)24/h1-3,5,8H,4H2,(H,16,17)(H,14,15,18)(H,19,20,21)(H,22,23,24)/p-2. The van der Waals surface area contributed by atoms with Gasteiger partial charge in [0.15, 0.2) is 5.17 Å². The van der Waals surface area contributed by atoms with Gasteiger partial charge >= 0.3 is 5.97 Å². The lowest BCUT2D eigenvalue weighted by Gasteiger charge is -2.13. The minimum Gasteiger partial charge on any atom is -0.744 e. The Hall–Kier alpha value is -2.33. The fraction of sp³-hybridized carbons (Fsp3) is 0.167. The van der Waals surface area contributed by atoms with E-state index in [1.54, 1.807) is 0 Å². The molecular weight excluding hydrogens is 426 g/mol. The predicted octanol–water partition coefficient (Wildman–Crippen LogP) is -1.11. The summed E-state index contributed by atoms with van der Waals surface area (Å²) >= 11 is 0.768. The first-order valence-electron chi connectivity index (χ1n) is 6.74. The molecule has 1 unspecified atom stereocenters. The Kier molecular flexibility index (Phi) is 6.01. The summed E-state index contributed by atoms with van der Waals surface area (Å²) in [6, 6.07) is 1.96. The zero-order valence-electron chi connectivity index (χ0n) is 12.9. The largest absolute Gasteiger partial charge is 0.744 e. The molecule has 1 aliphatic heterocycles. The molecule has 1 aromatic rings. The lowest BCUT2D eigenvalue weighted by Crippen LogP contribution is -2.26. The van der Waals surface area contributed by atoms with Gasteiger partial charge in [0.25, 0.3) is 0 Å². The molecule has 1 atom stereocenters. The molecule has 0 saturated carbocycles. The van der Waals surface area contributed by atoms with E-state index < -0.39 is 59.1 Å². The van der Waals surface area contributed by atoms with Gasteiger partial charge in [-0.3, -0.25) is 9.59 Å². The summed E-state index contributed by atoms with van der Waals surface area (Å²) in [5, 5.41) is 16.9.